The van der Waals surface area contributed by atoms with Gasteiger partial charge in [0.25, 0.3) is 5.91 Å². The summed E-state index contributed by atoms with van der Waals surface area (Å²) >= 11 is 3.14. The van der Waals surface area contributed by atoms with Crippen LogP contribution in [-0.2, 0) is 0 Å². The van der Waals surface area contributed by atoms with Gasteiger partial charge in [0.2, 0.25) is 0 Å². The number of anilines is 1. The van der Waals surface area contributed by atoms with Crippen molar-refractivity contribution in [2.45, 2.75) is 6.92 Å². The third-order valence-corrected chi connectivity index (χ3v) is 2.38. The maximum atomic E-state index is 11.7. The van der Waals surface area contributed by atoms with Gasteiger partial charge in [-0.15, -0.1) is 0 Å². The second-order valence-corrected chi connectivity index (χ2v) is 4.04. The van der Waals surface area contributed by atoms with Crippen LogP contribution in [0.3, 0.4) is 0 Å². The van der Waals surface area contributed by atoms with Gasteiger partial charge < -0.3 is 9.73 Å². The molecule has 0 saturated heterocycles. The summed E-state index contributed by atoms with van der Waals surface area (Å²) in [4.78, 5) is 15.9. The number of furan rings is 1. The number of pyridine rings is 1. The standard InChI is InChI=1S/C11H9BrN2O2/c1-7-3-2-4-10(13-7)14-11(15)8-5-9(12)16-6-8/h2-6H,1H3,(H,13,14,15). The first-order valence-corrected chi connectivity index (χ1v) is 5.43. The number of nitrogens with zero attached hydrogens (tertiary/aromatic N) is 1. The predicted molar refractivity (Wildman–Crippen MR) is 63.3 cm³/mol. The Labute approximate surface area is 101 Å². The Kier molecular flexibility index (Phi) is 3.05. The molecular formula is C11H9BrN2O2. The zero-order valence-corrected chi connectivity index (χ0v) is 10.1. The average molecular weight is 281 g/mol. The Morgan fingerprint density at radius 2 is 2.31 bits per heavy atom. The summed E-state index contributed by atoms with van der Waals surface area (Å²) in [5, 5.41) is 2.68. The van der Waals surface area contributed by atoms with E-state index in [4.69, 9.17) is 4.42 Å². The molecule has 0 unspecified atom stereocenters. The zero-order valence-electron chi connectivity index (χ0n) is 8.53. The van der Waals surface area contributed by atoms with E-state index in [1.54, 1.807) is 12.1 Å². The highest BCUT2D eigenvalue weighted by Gasteiger charge is 2.09. The second kappa shape index (κ2) is 4.49. The smallest absolute Gasteiger partial charge is 0.260 e. The number of carbonyl (C=O) groups is 1. The summed E-state index contributed by atoms with van der Waals surface area (Å²) in [7, 11) is 0. The molecule has 2 heterocycles. The molecule has 82 valence electrons. The van der Waals surface area contributed by atoms with E-state index in [1.807, 2.05) is 19.1 Å². The van der Waals surface area contributed by atoms with Crippen LogP contribution in [0.4, 0.5) is 5.82 Å². The van der Waals surface area contributed by atoms with E-state index in [0.29, 0.717) is 16.1 Å². The molecule has 1 amide bonds. The molecule has 16 heavy (non-hydrogen) atoms. The van der Waals surface area contributed by atoms with Crippen molar-refractivity contribution in [1.82, 2.24) is 4.98 Å². The lowest BCUT2D eigenvalue weighted by molar-refractivity contribution is 0.102. The topological polar surface area (TPSA) is 55.1 Å². The lowest BCUT2D eigenvalue weighted by atomic mass is 10.3. The summed E-state index contributed by atoms with van der Waals surface area (Å²) < 4.78 is 5.51. The van der Waals surface area contributed by atoms with Gasteiger partial charge in [0.05, 0.1) is 5.56 Å². The quantitative estimate of drug-likeness (QED) is 0.920. The van der Waals surface area contributed by atoms with E-state index in [0.717, 1.165) is 5.69 Å². The van der Waals surface area contributed by atoms with Crippen LogP contribution < -0.4 is 5.32 Å². The monoisotopic (exact) mass is 280 g/mol. The van der Waals surface area contributed by atoms with Crippen molar-refractivity contribution in [1.29, 1.82) is 0 Å². The van der Waals surface area contributed by atoms with Crippen LogP contribution in [0.15, 0.2) is 39.6 Å². The van der Waals surface area contributed by atoms with Gasteiger partial charge in [-0.05, 0) is 35.0 Å². The fourth-order valence-corrected chi connectivity index (χ4v) is 1.57. The maximum Gasteiger partial charge on any atom is 0.260 e. The average Bonchev–Trinajstić information content (AvgIpc) is 2.65. The molecule has 0 spiro atoms. The predicted octanol–water partition coefficient (Wildman–Crippen LogP) is 3.00. The van der Waals surface area contributed by atoms with Crippen LogP contribution >= 0.6 is 15.9 Å². The highest BCUT2D eigenvalue weighted by atomic mass is 79.9. The van der Waals surface area contributed by atoms with E-state index in [9.17, 15) is 4.79 Å². The number of amides is 1. The number of carbonyl (C=O) groups excluding carboxylic acids is 1. The Morgan fingerprint density at radius 3 is 2.94 bits per heavy atom. The minimum Gasteiger partial charge on any atom is -0.457 e. The molecule has 0 aliphatic heterocycles. The first-order valence-electron chi connectivity index (χ1n) is 4.64. The van der Waals surface area contributed by atoms with Crippen LogP contribution in [0.2, 0.25) is 0 Å². The van der Waals surface area contributed by atoms with E-state index >= 15 is 0 Å². The van der Waals surface area contributed by atoms with Gasteiger partial charge in [-0.25, -0.2) is 4.98 Å². The third-order valence-electron chi connectivity index (χ3n) is 1.96. The normalized spacial score (nSPS) is 10.1. The molecule has 2 aromatic heterocycles. The van der Waals surface area contributed by atoms with Gasteiger partial charge in [-0.1, -0.05) is 6.07 Å². The SMILES string of the molecule is Cc1cccc(NC(=O)c2coc(Br)c2)n1. The van der Waals surface area contributed by atoms with Crippen molar-refractivity contribution in [2.24, 2.45) is 0 Å². The molecule has 0 fully saturated rings. The Balaban J connectivity index is 2.13. The van der Waals surface area contributed by atoms with Crippen molar-refractivity contribution < 1.29 is 9.21 Å². The van der Waals surface area contributed by atoms with Crippen molar-refractivity contribution in [2.75, 3.05) is 5.32 Å². The van der Waals surface area contributed by atoms with E-state index in [1.165, 1.54) is 6.26 Å². The Morgan fingerprint density at radius 1 is 1.50 bits per heavy atom. The van der Waals surface area contributed by atoms with Crippen molar-refractivity contribution >= 4 is 27.7 Å². The maximum absolute atomic E-state index is 11.7. The number of halogens is 1. The summed E-state index contributed by atoms with van der Waals surface area (Å²) in [5.74, 6) is 0.287. The van der Waals surface area contributed by atoms with Crippen molar-refractivity contribution in [3.63, 3.8) is 0 Å². The number of aromatic nitrogens is 1. The minimum atomic E-state index is -0.243. The Hall–Kier alpha value is -1.62. The molecule has 0 bridgehead atoms. The lowest BCUT2D eigenvalue weighted by Gasteiger charge is -2.02. The van der Waals surface area contributed by atoms with Crippen LogP contribution in [0.1, 0.15) is 16.1 Å². The van der Waals surface area contributed by atoms with E-state index in [-0.39, 0.29) is 5.91 Å². The minimum absolute atomic E-state index is 0.243. The van der Waals surface area contributed by atoms with Crippen LogP contribution in [-0.4, -0.2) is 10.9 Å². The highest BCUT2D eigenvalue weighted by Crippen LogP contribution is 2.15. The van der Waals surface area contributed by atoms with Gasteiger partial charge >= 0.3 is 0 Å². The van der Waals surface area contributed by atoms with Gasteiger partial charge in [0, 0.05) is 11.8 Å². The van der Waals surface area contributed by atoms with Crippen molar-refractivity contribution in [3.05, 3.63) is 46.5 Å². The molecule has 0 aromatic carbocycles. The molecule has 0 aliphatic rings. The first-order chi connectivity index (χ1) is 7.65. The van der Waals surface area contributed by atoms with Crippen molar-refractivity contribution in [3.8, 4) is 0 Å². The van der Waals surface area contributed by atoms with Gasteiger partial charge in [-0.2, -0.15) is 0 Å². The molecule has 2 rings (SSSR count). The number of hydrogen-bond donors (Lipinski definition) is 1. The summed E-state index contributed by atoms with van der Waals surface area (Å²) in [5.41, 5.74) is 1.31. The molecule has 4 nitrogen and oxygen atoms in total. The number of rotatable bonds is 2. The first kappa shape index (κ1) is 10.9. The molecule has 5 heteroatoms. The van der Waals surface area contributed by atoms with Crippen LogP contribution in [0.25, 0.3) is 0 Å². The van der Waals surface area contributed by atoms with Crippen LogP contribution in [0, 0.1) is 6.92 Å². The largest absolute Gasteiger partial charge is 0.457 e. The molecule has 0 saturated carbocycles. The Bertz CT molecular complexity index is 522. The third kappa shape index (κ3) is 2.49. The fourth-order valence-electron chi connectivity index (χ4n) is 1.23. The van der Waals surface area contributed by atoms with Gasteiger partial charge in [0.15, 0.2) is 4.67 Å². The summed E-state index contributed by atoms with van der Waals surface area (Å²) in [6, 6.07) is 7.04. The van der Waals surface area contributed by atoms with Crippen LogP contribution in [0.5, 0.6) is 0 Å². The lowest BCUT2D eigenvalue weighted by Crippen LogP contribution is -2.12. The fraction of sp³-hybridized carbons (Fsp3) is 0.0909. The summed E-state index contributed by atoms with van der Waals surface area (Å²) in [6.45, 7) is 1.87. The van der Waals surface area contributed by atoms with E-state index < -0.39 is 0 Å². The molecule has 0 radical (unpaired) electrons. The van der Waals surface area contributed by atoms with Gasteiger partial charge in [0.1, 0.15) is 12.1 Å². The highest BCUT2D eigenvalue weighted by molar-refractivity contribution is 9.10. The summed E-state index contributed by atoms with van der Waals surface area (Å²) in [6.07, 6.45) is 1.38. The molecular weight excluding hydrogens is 272 g/mol. The second-order valence-electron chi connectivity index (χ2n) is 3.26. The molecule has 2 aromatic rings. The molecule has 0 aliphatic carbocycles. The zero-order chi connectivity index (χ0) is 11.5. The number of nitrogens with one attached hydrogen (secondary N) is 1. The van der Waals surface area contributed by atoms with E-state index in [2.05, 4.69) is 26.2 Å². The molecule has 1 N–H and O–H groups in total. The van der Waals surface area contributed by atoms with Gasteiger partial charge in [-0.3, -0.25) is 4.79 Å². The number of hydrogen-bond acceptors (Lipinski definition) is 3. The number of aryl methyl sites for hydroxylation is 1. The molecule has 0 atom stereocenters.